The number of nitrogens with zero attached hydrogens (tertiary/aromatic N) is 4. The second-order valence-corrected chi connectivity index (χ2v) is 6.67. The zero-order valence-corrected chi connectivity index (χ0v) is 17.0. The van der Waals surface area contributed by atoms with Crippen molar-refractivity contribution in [2.75, 3.05) is 0 Å². The molecule has 0 aliphatic carbocycles. The van der Waals surface area contributed by atoms with Gasteiger partial charge in [0.1, 0.15) is 11.6 Å². The van der Waals surface area contributed by atoms with Gasteiger partial charge in [-0.1, -0.05) is 43.8 Å². The average molecular weight is 387 g/mol. The summed E-state index contributed by atoms with van der Waals surface area (Å²) >= 11 is 0. The van der Waals surface area contributed by atoms with Gasteiger partial charge in [-0.2, -0.15) is 10.4 Å². The second-order valence-electron chi connectivity index (χ2n) is 6.67. The van der Waals surface area contributed by atoms with Crippen LogP contribution in [-0.2, 0) is 13.0 Å². The number of aromatic nitrogens is 2. The molecule has 2 N–H and O–H groups in total. The normalized spacial score (nSPS) is 16.5. The minimum absolute atomic E-state index is 0.138. The molecule has 1 unspecified atom stereocenters. The molecule has 0 radical (unpaired) electrons. The highest BCUT2D eigenvalue weighted by atomic mass is 16.5. The molecule has 3 rings (SSSR count). The Morgan fingerprint density at radius 2 is 2.10 bits per heavy atom. The van der Waals surface area contributed by atoms with E-state index in [2.05, 4.69) is 22.7 Å². The third-order valence-corrected chi connectivity index (χ3v) is 4.97. The summed E-state index contributed by atoms with van der Waals surface area (Å²) in [5.74, 6) is 0.465. The number of aryl methyl sites for hydroxylation is 2. The van der Waals surface area contributed by atoms with Gasteiger partial charge in [0.05, 0.1) is 17.2 Å². The standard InChI is InChI=1S/C23H25N5O/c1-5-8-13-26-15(4)16-9-11-17(12-10-16)20-18(14-24)22(25)29-23-21(20)19(6-2)27-28(23)7-3/h5,8-13,20H,1,6-7,25H2,2-4H3/b13-8-,26-15?. The largest absolute Gasteiger partial charge is 0.422 e. The third-order valence-electron chi connectivity index (χ3n) is 4.97. The molecule has 2 heterocycles. The monoisotopic (exact) mass is 387 g/mol. The number of ether oxygens (including phenoxy) is 1. The van der Waals surface area contributed by atoms with Gasteiger partial charge in [-0.05, 0) is 37.5 Å². The van der Waals surface area contributed by atoms with Crippen LogP contribution in [-0.4, -0.2) is 15.5 Å². The quantitative estimate of drug-likeness (QED) is 0.594. The van der Waals surface area contributed by atoms with Gasteiger partial charge in [-0.15, -0.1) is 0 Å². The zero-order chi connectivity index (χ0) is 21.0. The van der Waals surface area contributed by atoms with Gasteiger partial charge in [-0.25, -0.2) is 4.68 Å². The molecule has 2 aromatic rings. The first kappa shape index (κ1) is 20.2. The van der Waals surface area contributed by atoms with Crippen LogP contribution in [0.4, 0.5) is 0 Å². The Labute approximate surface area is 171 Å². The SMILES string of the molecule is C=C/C=C\N=C(C)c1ccc(C2C(C#N)=C(N)Oc3c2c(CC)nn3CC)cc1. The summed E-state index contributed by atoms with van der Waals surface area (Å²) in [7, 11) is 0. The van der Waals surface area contributed by atoms with Crippen LogP contribution in [0.15, 0.2) is 65.6 Å². The average Bonchev–Trinajstić information content (AvgIpc) is 3.10. The first-order chi connectivity index (χ1) is 14.0. The fourth-order valence-corrected chi connectivity index (χ4v) is 3.49. The Morgan fingerprint density at radius 1 is 1.38 bits per heavy atom. The van der Waals surface area contributed by atoms with Crippen molar-refractivity contribution in [3.63, 3.8) is 0 Å². The van der Waals surface area contributed by atoms with Gasteiger partial charge >= 0.3 is 0 Å². The molecular weight excluding hydrogens is 362 g/mol. The van der Waals surface area contributed by atoms with Crippen LogP contribution in [0.3, 0.4) is 0 Å². The van der Waals surface area contributed by atoms with E-state index in [1.807, 2.05) is 45.0 Å². The smallest absolute Gasteiger partial charge is 0.224 e. The highest BCUT2D eigenvalue weighted by Gasteiger charge is 2.36. The maximum Gasteiger partial charge on any atom is 0.224 e. The molecule has 0 spiro atoms. The predicted molar refractivity (Wildman–Crippen MR) is 115 cm³/mol. The summed E-state index contributed by atoms with van der Waals surface area (Å²) in [4.78, 5) is 4.40. The number of rotatable bonds is 6. The van der Waals surface area contributed by atoms with Crippen molar-refractivity contribution in [3.8, 4) is 11.9 Å². The summed E-state index contributed by atoms with van der Waals surface area (Å²) < 4.78 is 7.61. The number of nitrogens with two attached hydrogens (primary N) is 1. The molecule has 6 heteroatoms. The first-order valence-electron chi connectivity index (χ1n) is 9.65. The van der Waals surface area contributed by atoms with E-state index >= 15 is 0 Å². The lowest BCUT2D eigenvalue weighted by Crippen LogP contribution is -2.22. The Morgan fingerprint density at radius 3 is 2.69 bits per heavy atom. The van der Waals surface area contributed by atoms with Crippen LogP contribution in [0, 0.1) is 11.3 Å². The van der Waals surface area contributed by atoms with Crippen LogP contribution >= 0.6 is 0 Å². The van der Waals surface area contributed by atoms with Gasteiger partial charge in [0.25, 0.3) is 0 Å². The van der Waals surface area contributed by atoms with Crippen molar-refractivity contribution in [1.82, 2.24) is 9.78 Å². The lowest BCUT2D eigenvalue weighted by molar-refractivity contribution is 0.350. The van der Waals surface area contributed by atoms with E-state index in [1.165, 1.54) is 0 Å². The third kappa shape index (κ3) is 3.72. The Bertz CT molecular complexity index is 1050. The second kappa shape index (κ2) is 8.61. The molecule has 1 aliphatic heterocycles. The van der Waals surface area contributed by atoms with Crippen molar-refractivity contribution in [1.29, 1.82) is 5.26 Å². The first-order valence-corrected chi connectivity index (χ1v) is 9.65. The maximum absolute atomic E-state index is 9.78. The molecule has 148 valence electrons. The molecular formula is C23H25N5O. The topological polar surface area (TPSA) is 89.2 Å². The van der Waals surface area contributed by atoms with Crippen molar-refractivity contribution in [2.45, 2.75) is 39.7 Å². The Kier molecular flexibility index (Phi) is 5.99. The molecule has 0 saturated heterocycles. The fraction of sp³-hybridized carbons (Fsp3) is 0.261. The zero-order valence-electron chi connectivity index (χ0n) is 17.0. The van der Waals surface area contributed by atoms with E-state index in [4.69, 9.17) is 10.5 Å². The van der Waals surface area contributed by atoms with E-state index in [-0.39, 0.29) is 11.8 Å². The van der Waals surface area contributed by atoms with Gasteiger partial charge in [0, 0.05) is 18.5 Å². The number of allylic oxidation sites excluding steroid dienone is 3. The number of nitriles is 1. The van der Waals surface area contributed by atoms with Crippen molar-refractivity contribution < 1.29 is 4.74 Å². The summed E-state index contributed by atoms with van der Waals surface area (Å²) in [6.07, 6.45) is 5.93. The minimum Gasteiger partial charge on any atom is -0.422 e. The van der Waals surface area contributed by atoms with Crippen molar-refractivity contribution in [3.05, 3.63) is 83.0 Å². The van der Waals surface area contributed by atoms with Crippen LogP contribution in [0.5, 0.6) is 5.88 Å². The number of hydrogen-bond acceptors (Lipinski definition) is 5. The summed E-state index contributed by atoms with van der Waals surface area (Å²) in [5.41, 5.74) is 11.2. The van der Waals surface area contributed by atoms with Gasteiger partial charge in [0.2, 0.25) is 11.8 Å². The van der Waals surface area contributed by atoms with Crippen LogP contribution in [0.2, 0.25) is 0 Å². The molecule has 1 aromatic heterocycles. The minimum atomic E-state index is -0.300. The molecule has 29 heavy (non-hydrogen) atoms. The van der Waals surface area contributed by atoms with E-state index < -0.39 is 0 Å². The lowest BCUT2D eigenvalue weighted by atomic mass is 9.83. The number of aliphatic imine (C=N–C) groups is 1. The van der Waals surface area contributed by atoms with Crippen LogP contribution < -0.4 is 10.5 Å². The number of benzene rings is 1. The molecule has 0 saturated carbocycles. The summed E-state index contributed by atoms with van der Waals surface area (Å²) in [5, 5.41) is 14.4. The predicted octanol–water partition coefficient (Wildman–Crippen LogP) is 4.19. The molecule has 1 aromatic carbocycles. The van der Waals surface area contributed by atoms with Gasteiger partial charge in [-0.3, -0.25) is 4.99 Å². The molecule has 0 amide bonds. The van der Waals surface area contributed by atoms with Gasteiger partial charge in [0.15, 0.2) is 0 Å². The van der Waals surface area contributed by atoms with Crippen molar-refractivity contribution in [2.24, 2.45) is 10.7 Å². The summed E-state index contributed by atoms with van der Waals surface area (Å²) in [6.45, 7) is 10.3. The molecule has 6 nitrogen and oxygen atoms in total. The number of hydrogen-bond donors (Lipinski definition) is 1. The Hall–Kier alpha value is -3.59. The van der Waals surface area contributed by atoms with Crippen LogP contribution in [0.1, 0.15) is 49.1 Å². The van der Waals surface area contributed by atoms with E-state index in [9.17, 15) is 5.26 Å². The number of fused-ring (bicyclic) bond motifs is 1. The fourth-order valence-electron chi connectivity index (χ4n) is 3.49. The van der Waals surface area contributed by atoms with E-state index in [0.29, 0.717) is 18.0 Å². The highest BCUT2D eigenvalue weighted by Crippen LogP contribution is 2.44. The van der Waals surface area contributed by atoms with Crippen molar-refractivity contribution >= 4 is 5.71 Å². The maximum atomic E-state index is 9.78. The van der Waals surface area contributed by atoms with E-state index in [0.717, 1.165) is 34.5 Å². The molecule has 0 bridgehead atoms. The molecule has 1 aliphatic rings. The van der Waals surface area contributed by atoms with Gasteiger partial charge < -0.3 is 10.5 Å². The lowest BCUT2D eigenvalue weighted by Gasteiger charge is -2.25. The Balaban J connectivity index is 2.09. The molecule has 1 atom stereocenters. The van der Waals surface area contributed by atoms with Crippen LogP contribution in [0.25, 0.3) is 0 Å². The highest BCUT2D eigenvalue weighted by molar-refractivity contribution is 5.99. The van der Waals surface area contributed by atoms with E-state index in [1.54, 1.807) is 23.0 Å². The summed E-state index contributed by atoms with van der Waals surface area (Å²) in [6, 6.07) is 10.3. The molecule has 0 fully saturated rings.